The average Bonchev–Trinajstić information content (AvgIpc) is 2.43. The Bertz CT molecular complexity index is 349. The van der Waals surface area contributed by atoms with Crippen molar-refractivity contribution in [3.8, 4) is 0 Å². The third-order valence-corrected chi connectivity index (χ3v) is 4.16. The highest BCUT2D eigenvalue weighted by atomic mass is 16.7. The Morgan fingerprint density at radius 1 is 1.06 bits per heavy atom. The van der Waals surface area contributed by atoms with Gasteiger partial charge in [-0.05, 0) is 52.9 Å². The van der Waals surface area contributed by atoms with Gasteiger partial charge in [0.1, 0.15) is 0 Å². The second-order valence-electron chi connectivity index (χ2n) is 6.42. The zero-order chi connectivity index (χ0) is 14.1. The quantitative estimate of drug-likeness (QED) is 0.553. The van der Waals surface area contributed by atoms with Crippen LogP contribution in [0.15, 0.2) is 23.2 Å². The Balaban J connectivity index is 2.93. The van der Waals surface area contributed by atoms with Crippen molar-refractivity contribution in [1.82, 2.24) is 0 Å². The summed E-state index contributed by atoms with van der Waals surface area (Å²) >= 11 is 0. The van der Waals surface area contributed by atoms with Crippen molar-refractivity contribution in [3.05, 3.63) is 23.2 Å². The summed E-state index contributed by atoms with van der Waals surface area (Å²) in [6.07, 6.45) is 4.26. The number of hydrogen-bond acceptors (Lipinski definition) is 2. The van der Waals surface area contributed by atoms with Crippen molar-refractivity contribution in [1.29, 1.82) is 0 Å². The van der Waals surface area contributed by atoms with E-state index in [2.05, 4.69) is 60.6 Å². The van der Waals surface area contributed by atoms with Crippen molar-refractivity contribution in [2.75, 3.05) is 0 Å². The van der Waals surface area contributed by atoms with Gasteiger partial charge in [0.15, 0.2) is 0 Å². The maximum absolute atomic E-state index is 6.06. The van der Waals surface area contributed by atoms with Crippen molar-refractivity contribution in [2.24, 2.45) is 5.92 Å². The van der Waals surface area contributed by atoms with E-state index < -0.39 is 0 Å². The van der Waals surface area contributed by atoms with Crippen LogP contribution in [-0.2, 0) is 9.31 Å². The first-order chi connectivity index (χ1) is 8.10. The Hall–Kier alpha value is -0.535. The molecule has 3 heteroatoms. The summed E-state index contributed by atoms with van der Waals surface area (Å²) in [6.45, 7) is 16.9. The first-order valence-corrected chi connectivity index (χ1v) is 6.81. The molecule has 1 heterocycles. The van der Waals surface area contributed by atoms with Crippen molar-refractivity contribution >= 4 is 7.12 Å². The van der Waals surface area contributed by atoms with Crippen LogP contribution in [0.25, 0.3) is 0 Å². The third-order valence-electron chi connectivity index (χ3n) is 4.16. The van der Waals surface area contributed by atoms with Crippen LogP contribution in [0.3, 0.4) is 0 Å². The van der Waals surface area contributed by atoms with Crippen molar-refractivity contribution < 1.29 is 9.31 Å². The molecule has 0 aromatic heterocycles. The van der Waals surface area contributed by atoms with E-state index in [1.54, 1.807) is 0 Å². The smallest absolute Gasteiger partial charge is 0.399 e. The molecule has 0 bridgehead atoms. The van der Waals surface area contributed by atoms with Crippen molar-refractivity contribution in [3.63, 3.8) is 0 Å². The summed E-state index contributed by atoms with van der Waals surface area (Å²) in [7, 11) is -0.256. The van der Waals surface area contributed by atoms with E-state index in [1.165, 1.54) is 5.57 Å². The highest BCUT2D eigenvalue weighted by Crippen LogP contribution is 2.38. The van der Waals surface area contributed by atoms with Crippen LogP contribution in [0.2, 0.25) is 0 Å². The molecule has 0 amide bonds. The maximum Gasteiger partial charge on any atom is 0.494 e. The molecule has 1 rings (SSSR count). The lowest BCUT2D eigenvalue weighted by Crippen LogP contribution is -2.41. The molecule has 2 nitrogen and oxygen atoms in total. The topological polar surface area (TPSA) is 18.5 Å². The minimum absolute atomic E-state index is 0.256. The second-order valence-corrected chi connectivity index (χ2v) is 6.42. The van der Waals surface area contributed by atoms with E-state index in [1.807, 2.05) is 6.92 Å². The first kappa shape index (κ1) is 15.5. The molecule has 0 aromatic rings. The van der Waals surface area contributed by atoms with E-state index in [4.69, 9.17) is 9.31 Å². The van der Waals surface area contributed by atoms with Gasteiger partial charge in [0, 0.05) is 0 Å². The van der Waals surface area contributed by atoms with Crippen molar-refractivity contribution in [2.45, 2.75) is 66.6 Å². The fraction of sp³-hybridized carbons (Fsp3) is 0.733. The van der Waals surface area contributed by atoms with Crippen LogP contribution < -0.4 is 0 Å². The van der Waals surface area contributed by atoms with E-state index in [0.717, 1.165) is 5.47 Å². The second kappa shape index (κ2) is 5.22. The molecule has 0 radical (unpaired) electrons. The normalized spacial score (nSPS) is 23.9. The summed E-state index contributed by atoms with van der Waals surface area (Å²) in [5.41, 5.74) is 1.91. The first-order valence-electron chi connectivity index (χ1n) is 6.81. The minimum Gasteiger partial charge on any atom is -0.399 e. The molecule has 0 N–H and O–H groups in total. The zero-order valence-corrected chi connectivity index (χ0v) is 13.1. The Kier molecular flexibility index (Phi) is 4.50. The predicted octanol–water partition coefficient (Wildman–Crippen LogP) is 4.17. The predicted molar refractivity (Wildman–Crippen MR) is 78.4 cm³/mol. The van der Waals surface area contributed by atoms with Gasteiger partial charge in [0.2, 0.25) is 0 Å². The van der Waals surface area contributed by atoms with Crippen LogP contribution in [-0.4, -0.2) is 18.3 Å². The molecule has 0 aromatic carbocycles. The van der Waals surface area contributed by atoms with Gasteiger partial charge in [-0.1, -0.05) is 31.6 Å². The van der Waals surface area contributed by atoms with E-state index in [-0.39, 0.29) is 18.3 Å². The van der Waals surface area contributed by atoms with Gasteiger partial charge in [-0.2, -0.15) is 0 Å². The lowest BCUT2D eigenvalue weighted by molar-refractivity contribution is 0.00578. The Morgan fingerprint density at radius 2 is 1.50 bits per heavy atom. The lowest BCUT2D eigenvalue weighted by atomic mass is 9.76. The minimum atomic E-state index is -0.272. The number of hydrogen-bond donors (Lipinski definition) is 0. The van der Waals surface area contributed by atoms with E-state index >= 15 is 0 Å². The number of allylic oxidation sites excluding steroid dienone is 4. The third kappa shape index (κ3) is 3.07. The van der Waals surface area contributed by atoms with Gasteiger partial charge in [-0.15, -0.1) is 0 Å². The molecule has 18 heavy (non-hydrogen) atoms. The summed E-state index contributed by atoms with van der Waals surface area (Å²) in [4.78, 5) is 0. The fourth-order valence-electron chi connectivity index (χ4n) is 1.70. The molecular formula is C15H27BO2. The maximum atomic E-state index is 6.06. The lowest BCUT2D eigenvalue weighted by Gasteiger charge is -2.32. The summed E-state index contributed by atoms with van der Waals surface area (Å²) in [6, 6.07) is 0. The largest absolute Gasteiger partial charge is 0.494 e. The van der Waals surface area contributed by atoms with Gasteiger partial charge in [-0.3, -0.25) is 0 Å². The van der Waals surface area contributed by atoms with Crippen LogP contribution in [0.4, 0.5) is 0 Å². The van der Waals surface area contributed by atoms with Crippen LogP contribution in [0.1, 0.15) is 55.4 Å². The van der Waals surface area contributed by atoms with Gasteiger partial charge in [0.05, 0.1) is 11.2 Å². The average molecular weight is 250 g/mol. The van der Waals surface area contributed by atoms with Gasteiger partial charge in [0.25, 0.3) is 0 Å². The standard InChI is InChI=1S/C15H27BO2/c1-9-13(10-12(4)11(2)3)16-17-14(5,6)15(7,8)18-16/h9-11H,1-8H3/b12-10+,13-9+. The molecule has 1 aliphatic rings. The molecule has 102 valence electrons. The van der Waals surface area contributed by atoms with Crippen LogP contribution >= 0.6 is 0 Å². The van der Waals surface area contributed by atoms with Crippen LogP contribution in [0.5, 0.6) is 0 Å². The molecule has 1 saturated heterocycles. The van der Waals surface area contributed by atoms with Gasteiger partial charge < -0.3 is 9.31 Å². The van der Waals surface area contributed by atoms with Gasteiger partial charge >= 0.3 is 7.12 Å². The Morgan fingerprint density at radius 3 is 1.83 bits per heavy atom. The molecule has 0 atom stereocenters. The monoisotopic (exact) mass is 250 g/mol. The molecule has 0 aliphatic carbocycles. The fourth-order valence-corrected chi connectivity index (χ4v) is 1.70. The Labute approximate surface area is 113 Å². The summed E-state index contributed by atoms with van der Waals surface area (Å²) in [5.74, 6) is 0.544. The molecular weight excluding hydrogens is 223 g/mol. The van der Waals surface area contributed by atoms with Crippen LogP contribution in [0, 0.1) is 5.92 Å². The highest BCUT2D eigenvalue weighted by molar-refractivity contribution is 6.55. The molecule has 0 spiro atoms. The zero-order valence-electron chi connectivity index (χ0n) is 13.1. The molecule has 0 unspecified atom stereocenters. The summed E-state index contributed by atoms with van der Waals surface area (Å²) in [5, 5.41) is 0. The van der Waals surface area contributed by atoms with E-state index in [9.17, 15) is 0 Å². The molecule has 1 aliphatic heterocycles. The SMILES string of the molecule is C/C=C(\C=C(/C)C(C)C)B1OC(C)(C)C(C)(C)O1. The highest BCUT2D eigenvalue weighted by Gasteiger charge is 2.51. The summed E-state index contributed by atoms with van der Waals surface area (Å²) < 4.78 is 12.1. The molecule has 0 saturated carbocycles. The number of rotatable bonds is 3. The van der Waals surface area contributed by atoms with Gasteiger partial charge in [-0.25, -0.2) is 0 Å². The van der Waals surface area contributed by atoms with E-state index in [0.29, 0.717) is 5.92 Å². The molecule has 1 fully saturated rings.